The Balaban J connectivity index is 2.07. The van der Waals surface area contributed by atoms with Crippen LogP contribution in [-0.2, 0) is 32.6 Å². The number of carbonyl (C=O) groups is 2. The van der Waals surface area contributed by atoms with Gasteiger partial charge < -0.3 is 10.2 Å². The van der Waals surface area contributed by atoms with Crippen molar-refractivity contribution < 1.29 is 18.0 Å². The van der Waals surface area contributed by atoms with Gasteiger partial charge in [0.05, 0.1) is 11.9 Å². The van der Waals surface area contributed by atoms with E-state index < -0.39 is 28.5 Å². The van der Waals surface area contributed by atoms with Crippen molar-refractivity contribution in [1.29, 1.82) is 0 Å². The zero-order valence-electron chi connectivity index (χ0n) is 24.2. The van der Waals surface area contributed by atoms with Gasteiger partial charge in [-0.1, -0.05) is 80.1 Å². The zero-order chi connectivity index (χ0) is 29.3. The molecule has 0 heterocycles. The quantitative estimate of drug-likeness (QED) is 0.299. The summed E-state index contributed by atoms with van der Waals surface area (Å²) in [5.41, 5.74) is 4.96. The van der Waals surface area contributed by atoms with E-state index in [0.717, 1.165) is 51.2 Å². The first kappa shape index (κ1) is 30.9. The Morgan fingerprint density at radius 2 is 1.52 bits per heavy atom. The number of nitrogens with one attached hydrogen (secondary N) is 1. The molecule has 0 aliphatic carbocycles. The van der Waals surface area contributed by atoms with E-state index in [1.807, 2.05) is 81.4 Å². The second-order valence-corrected chi connectivity index (χ2v) is 12.2. The van der Waals surface area contributed by atoms with Gasteiger partial charge in [0.2, 0.25) is 21.8 Å². The molecule has 0 unspecified atom stereocenters. The van der Waals surface area contributed by atoms with Gasteiger partial charge in [0.15, 0.2) is 0 Å². The maximum absolute atomic E-state index is 14.2. The molecule has 0 aliphatic rings. The molecule has 3 aromatic carbocycles. The lowest BCUT2D eigenvalue weighted by molar-refractivity contribution is -0.140. The average molecular weight is 564 g/mol. The third-order valence-corrected chi connectivity index (χ3v) is 8.35. The van der Waals surface area contributed by atoms with Crippen LogP contribution in [0.4, 0.5) is 5.69 Å². The van der Waals surface area contributed by atoms with Gasteiger partial charge >= 0.3 is 0 Å². The van der Waals surface area contributed by atoms with Crippen molar-refractivity contribution in [3.05, 3.63) is 101 Å². The molecular formula is C32H41N3O4S. The molecule has 0 aromatic heterocycles. The summed E-state index contributed by atoms with van der Waals surface area (Å²) in [5, 5.41) is 3.01. The van der Waals surface area contributed by atoms with Crippen LogP contribution in [0.15, 0.2) is 72.8 Å². The second-order valence-electron chi connectivity index (χ2n) is 10.3. The van der Waals surface area contributed by atoms with E-state index >= 15 is 0 Å². The van der Waals surface area contributed by atoms with Gasteiger partial charge in [0, 0.05) is 19.5 Å². The summed E-state index contributed by atoms with van der Waals surface area (Å²) in [6.07, 6.45) is 3.16. The average Bonchev–Trinajstić information content (AvgIpc) is 2.92. The van der Waals surface area contributed by atoms with Crippen LogP contribution in [-0.4, -0.2) is 50.5 Å². The van der Waals surface area contributed by atoms with Crippen molar-refractivity contribution in [2.24, 2.45) is 0 Å². The topological polar surface area (TPSA) is 86.8 Å². The van der Waals surface area contributed by atoms with E-state index in [4.69, 9.17) is 0 Å². The fourth-order valence-electron chi connectivity index (χ4n) is 4.63. The number of anilines is 1. The van der Waals surface area contributed by atoms with Gasteiger partial charge in [-0.05, 0) is 61.1 Å². The van der Waals surface area contributed by atoms with Crippen LogP contribution in [0, 0.1) is 20.8 Å². The minimum Gasteiger partial charge on any atom is -0.354 e. The number of sulfonamides is 1. The van der Waals surface area contributed by atoms with Crippen LogP contribution in [0.2, 0.25) is 0 Å². The predicted octanol–water partition coefficient (Wildman–Crippen LogP) is 4.93. The van der Waals surface area contributed by atoms with Gasteiger partial charge in [-0.15, -0.1) is 0 Å². The second kappa shape index (κ2) is 14.1. The van der Waals surface area contributed by atoms with Gasteiger partial charge in [-0.2, -0.15) is 0 Å². The van der Waals surface area contributed by atoms with Crippen LogP contribution in [0.1, 0.15) is 47.6 Å². The highest BCUT2D eigenvalue weighted by molar-refractivity contribution is 7.92. The molecule has 0 radical (unpaired) electrons. The molecule has 1 N–H and O–H groups in total. The van der Waals surface area contributed by atoms with Crippen molar-refractivity contribution in [3.8, 4) is 0 Å². The summed E-state index contributed by atoms with van der Waals surface area (Å²) in [5.74, 6) is -0.696. The molecule has 3 aromatic rings. The number of hydrogen-bond donors (Lipinski definition) is 1. The van der Waals surface area contributed by atoms with Gasteiger partial charge in [0.1, 0.15) is 12.6 Å². The SMILES string of the molecule is CCCCNC(=O)[C@@H](Cc1ccccc1)N(Cc1ccccc1C)C(=O)CN(c1cccc(C)c1C)S(C)(=O)=O. The standard InChI is InChI=1S/C32H41N3O4S/c1-6-7-20-33-32(37)30(21-27-16-9-8-10-17-27)34(22-28-18-12-11-14-25(28)3)31(36)23-35(40(5,38)39)29-19-13-15-24(2)26(29)4/h8-19,30H,6-7,20-23H2,1-5H3,(H,33,37)/t30-/m1/s1. The Hall–Kier alpha value is -3.65. The fourth-order valence-corrected chi connectivity index (χ4v) is 5.53. The number of amides is 2. The van der Waals surface area contributed by atoms with E-state index in [1.54, 1.807) is 17.0 Å². The molecule has 0 spiro atoms. The molecule has 0 saturated heterocycles. The van der Waals surface area contributed by atoms with Crippen LogP contribution >= 0.6 is 0 Å². The summed E-state index contributed by atoms with van der Waals surface area (Å²) >= 11 is 0. The molecule has 0 saturated carbocycles. The molecule has 3 rings (SSSR count). The van der Waals surface area contributed by atoms with Crippen LogP contribution in [0.5, 0.6) is 0 Å². The Kier molecular flexibility index (Phi) is 10.9. The van der Waals surface area contributed by atoms with E-state index in [0.29, 0.717) is 18.7 Å². The third-order valence-electron chi connectivity index (χ3n) is 7.23. The lowest BCUT2D eigenvalue weighted by Crippen LogP contribution is -2.53. The Bertz CT molecular complexity index is 1410. The van der Waals surface area contributed by atoms with Crippen molar-refractivity contribution in [2.75, 3.05) is 23.7 Å². The highest BCUT2D eigenvalue weighted by atomic mass is 32.2. The number of benzene rings is 3. The Morgan fingerprint density at radius 3 is 2.17 bits per heavy atom. The zero-order valence-corrected chi connectivity index (χ0v) is 25.0. The first-order valence-corrected chi connectivity index (χ1v) is 15.6. The normalized spacial score (nSPS) is 12.0. The minimum absolute atomic E-state index is 0.175. The molecule has 0 aliphatic heterocycles. The molecule has 7 nitrogen and oxygen atoms in total. The molecule has 0 fully saturated rings. The smallest absolute Gasteiger partial charge is 0.244 e. The van der Waals surface area contributed by atoms with E-state index in [-0.39, 0.29) is 12.5 Å². The molecule has 214 valence electrons. The number of nitrogens with zero attached hydrogens (tertiary/aromatic N) is 2. The predicted molar refractivity (Wildman–Crippen MR) is 162 cm³/mol. The van der Waals surface area contributed by atoms with Crippen LogP contribution in [0.3, 0.4) is 0 Å². The van der Waals surface area contributed by atoms with E-state index in [9.17, 15) is 18.0 Å². The molecule has 8 heteroatoms. The summed E-state index contributed by atoms with van der Waals surface area (Å²) in [4.78, 5) is 29.4. The molecule has 2 amide bonds. The van der Waals surface area contributed by atoms with E-state index in [2.05, 4.69) is 12.2 Å². The fraction of sp³-hybridized carbons (Fsp3) is 0.375. The third kappa shape index (κ3) is 8.18. The number of unbranched alkanes of at least 4 members (excludes halogenated alkanes) is 1. The van der Waals surface area contributed by atoms with Crippen LogP contribution < -0.4 is 9.62 Å². The van der Waals surface area contributed by atoms with Crippen molar-refractivity contribution in [2.45, 2.75) is 59.5 Å². The monoisotopic (exact) mass is 563 g/mol. The minimum atomic E-state index is -3.80. The highest BCUT2D eigenvalue weighted by Crippen LogP contribution is 2.26. The number of carbonyl (C=O) groups excluding carboxylic acids is 2. The van der Waals surface area contributed by atoms with Crippen molar-refractivity contribution in [3.63, 3.8) is 0 Å². The number of rotatable bonds is 13. The maximum Gasteiger partial charge on any atom is 0.244 e. The molecular weight excluding hydrogens is 522 g/mol. The summed E-state index contributed by atoms with van der Waals surface area (Å²) in [6, 6.07) is 21.9. The number of hydrogen-bond acceptors (Lipinski definition) is 4. The van der Waals surface area contributed by atoms with Gasteiger partial charge in [0.25, 0.3) is 0 Å². The molecule has 0 bridgehead atoms. The van der Waals surface area contributed by atoms with Crippen molar-refractivity contribution >= 4 is 27.5 Å². The summed E-state index contributed by atoms with van der Waals surface area (Å²) in [7, 11) is -3.80. The summed E-state index contributed by atoms with van der Waals surface area (Å²) < 4.78 is 27.2. The van der Waals surface area contributed by atoms with Crippen LogP contribution in [0.25, 0.3) is 0 Å². The van der Waals surface area contributed by atoms with Gasteiger partial charge in [-0.25, -0.2) is 8.42 Å². The lowest BCUT2D eigenvalue weighted by atomic mass is 10.0. The van der Waals surface area contributed by atoms with E-state index in [1.165, 1.54) is 0 Å². The largest absolute Gasteiger partial charge is 0.354 e. The summed E-state index contributed by atoms with van der Waals surface area (Å²) in [6.45, 7) is 8.03. The highest BCUT2D eigenvalue weighted by Gasteiger charge is 2.33. The molecule has 1 atom stereocenters. The maximum atomic E-state index is 14.2. The Morgan fingerprint density at radius 1 is 0.875 bits per heavy atom. The first-order chi connectivity index (χ1) is 19.0. The number of aryl methyl sites for hydroxylation is 2. The lowest BCUT2D eigenvalue weighted by Gasteiger charge is -2.34. The molecule has 40 heavy (non-hydrogen) atoms. The Labute approximate surface area is 239 Å². The van der Waals surface area contributed by atoms with Gasteiger partial charge in [-0.3, -0.25) is 13.9 Å². The van der Waals surface area contributed by atoms with Crippen molar-refractivity contribution in [1.82, 2.24) is 10.2 Å². The first-order valence-electron chi connectivity index (χ1n) is 13.7.